The van der Waals surface area contributed by atoms with Crippen molar-refractivity contribution < 1.29 is 0 Å². The van der Waals surface area contributed by atoms with Crippen molar-refractivity contribution in [3.05, 3.63) is 47.8 Å². The number of aryl methyl sites for hydroxylation is 2. The van der Waals surface area contributed by atoms with Crippen LogP contribution in [0.3, 0.4) is 0 Å². The average Bonchev–Trinajstić information content (AvgIpc) is 2.69. The number of nitrogens with two attached hydrogens (primary N) is 1. The lowest BCUT2D eigenvalue weighted by Gasteiger charge is -2.02. The van der Waals surface area contributed by atoms with E-state index in [2.05, 4.69) is 22.2 Å². The summed E-state index contributed by atoms with van der Waals surface area (Å²) in [4.78, 5) is 6.60. The van der Waals surface area contributed by atoms with E-state index in [1.807, 2.05) is 38.1 Å². The molecular weight excluding hydrogens is 256 g/mol. The van der Waals surface area contributed by atoms with Crippen LogP contribution in [0, 0.1) is 13.8 Å². The molecule has 0 aliphatic heterocycles. The second kappa shape index (κ2) is 4.59. The standard InChI is InChI=1S/C14H14N4S/c1-9-8-10(2)18-14(16-9)12(13(15)17-18)19-11-6-4-3-5-7-11/h3-8H,1-2H3,(H2,15,17). The van der Waals surface area contributed by atoms with Crippen molar-refractivity contribution in [1.82, 2.24) is 14.6 Å². The zero-order valence-corrected chi connectivity index (χ0v) is 11.6. The van der Waals surface area contributed by atoms with Crippen LogP contribution in [-0.4, -0.2) is 14.6 Å². The molecule has 0 fully saturated rings. The summed E-state index contributed by atoms with van der Waals surface area (Å²) >= 11 is 1.60. The molecule has 0 atom stereocenters. The van der Waals surface area contributed by atoms with Crippen molar-refractivity contribution in [2.45, 2.75) is 23.6 Å². The molecule has 0 aliphatic rings. The van der Waals surface area contributed by atoms with Crippen molar-refractivity contribution in [1.29, 1.82) is 0 Å². The van der Waals surface area contributed by atoms with E-state index in [1.54, 1.807) is 16.3 Å². The third-order valence-electron chi connectivity index (χ3n) is 2.84. The van der Waals surface area contributed by atoms with Crippen LogP contribution in [0.4, 0.5) is 5.82 Å². The summed E-state index contributed by atoms with van der Waals surface area (Å²) in [6, 6.07) is 12.1. The van der Waals surface area contributed by atoms with Gasteiger partial charge in [0.1, 0.15) is 4.90 Å². The van der Waals surface area contributed by atoms with Gasteiger partial charge in [-0.15, -0.1) is 5.10 Å². The lowest BCUT2D eigenvalue weighted by Crippen LogP contribution is -1.97. The fourth-order valence-electron chi connectivity index (χ4n) is 2.02. The number of rotatable bonds is 2. The molecule has 19 heavy (non-hydrogen) atoms. The molecule has 1 aromatic carbocycles. The van der Waals surface area contributed by atoms with Gasteiger partial charge in [-0.1, -0.05) is 30.0 Å². The van der Waals surface area contributed by atoms with Crippen LogP contribution in [0.15, 0.2) is 46.2 Å². The number of anilines is 1. The largest absolute Gasteiger partial charge is 0.381 e. The number of aromatic nitrogens is 3. The maximum atomic E-state index is 6.03. The second-order valence-electron chi connectivity index (χ2n) is 4.40. The highest BCUT2D eigenvalue weighted by molar-refractivity contribution is 7.99. The van der Waals surface area contributed by atoms with Crippen LogP contribution in [0.25, 0.3) is 5.65 Å². The first-order valence-corrected chi connectivity index (χ1v) is 6.82. The lowest BCUT2D eigenvalue weighted by molar-refractivity contribution is 0.890. The topological polar surface area (TPSA) is 56.2 Å². The van der Waals surface area contributed by atoms with Crippen molar-refractivity contribution in [3.63, 3.8) is 0 Å². The van der Waals surface area contributed by atoms with E-state index in [-0.39, 0.29) is 0 Å². The molecule has 0 amide bonds. The van der Waals surface area contributed by atoms with E-state index in [9.17, 15) is 0 Å². The number of hydrogen-bond donors (Lipinski definition) is 1. The summed E-state index contributed by atoms with van der Waals surface area (Å²) in [5, 5.41) is 4.36. The summed E-state index contributed by atoms with van der Waals surface area (Å²) in [7, 11) is 0. The smallest absolute Gasteiger partial charge is 0.171 e. The van der Waals surface area contributed by atoms with E-state index in [0.717, 1.165) is 26.8 Å². The molecule has 3 rings (SSSR count). The Morgan fingerprint density at radius 2 is 1.89 bits per heavy atom. The minimum Gasteiger partial charge on any atom is -0.381 e. The molecule has 2 N–H and O–H groups in total. The van der Waals surface area contributed by atoms with Gasteiger partial charge in [-0.3, -0.25) is 0 Å². The van der Waals surface area contributed by atoms with E-state index < -0.39 is 0 Å². The van der Waals surface area contributed by atoms with Gasteiger partial charge in [-0.05, 0) is 32.0 Å². The molecule has 96 valence electrons. The molecular formula is C14H14N4S. The van der Waals surface area contributed by atoms with Gasteiger partial charge in [0.25, 0.3) is 0 Å². The fourth-order valence-corrected chi connectivity index (χ4v) is 2.92. The Labute approximate surface area is 115 Å². The fraction of sp³-hybridized carbons (Fsp3) is 0.143. The minimum atomic E-state index is 0.523. The zero-order chi connectivity index (χ0) is 13.4. The Morgan fingerprint density at radius 3 is 2.63 bits per heavy atom. The highest BCUT2D eigenvalue weighted by atomic mass is 32.2. The monoisotopic (exact) mass is 270 g/mol. The third-order valence-corrected chi connectivity index (χ3v) is 3.95. The van der Waals surface area contributed by atoms with Gasteiger partial charge in [-0.2, -0.15) is 0 Å². The van der Waals surface area contributed by atoms with Crippen molar-refractivity contribution in [2.75, 3.05) is 5.73 Å². The molecule has 5 heteroatoms. The minimum absolute atomic E-state index is 0.523. The number of nitrogens with zero attached hydrogens (tertiary/aromatic N) is 3. The quantitative estimate of drug-likeness (QED) is 0.777. The van der Waals surface area contributed by atoms with Gasteiger partial charge in [0.05, 0.1) is 0 Å². The summed E-state index contributed by atoms with van der Waals surface area (Å²) in [6.07, 6.45) is 0. The molecule has 3 aromatic rings. The van der Waals surface area contributed by atoms with Gasteiger partial charge >= 0.3 is 0 Å². The molecule has 0 radical (unpaired) electrons. The first-order valence-electron chi connectivity index (χ1n) is 6.00. The SMILES string of the molecule is Cc1cc(C)n2nc(N)c(Sc3ccccc3)c2n1. The lowest BCUT2D eigenvalue weighted by atomic mass is 10.3. The van der Waals surface area contributed by atoms with E-state index >= 15 is 0 Å². The van der Waals surface area contributed by atoms with Gasteiger partial charge in [0.15, 0.2) is 11.5 Å². The van der Waals surface area contributed by atoms with Gasteiger partial charge in [0, 0.05) is 16.3 Å². The second-order valence-corrected chi connectivity index (χ2v) is 5.49. The summed E-state index contributed by atoms with van der Waals surface area (Å²) in [6.45, 7) is 3.98. The Hall–Kier alpha value is -2.01. The number of hydrogen-bond acceptors (Lipinski definition) is 4. The molecule has 4 nitrogen and oxygen atoms in total. The molecule has 0 saturated carbocycles. The number of nitrogen functional groups attached to an aromatic ring is 1. The normalized spacial score (nSPS) is 11.1. The summed E-state index contributed by atoms with van der Waals surface area (Å²) in [5.41, 5.74) is 8.86. The third kappa shape index (κ3) is 2.17. The maximum absolute atomic E-state index is 6.03. The van der Waals surface area contributed by atoms with Crippen LogP contribution in [0.1, 0.15) is 11.4 Å². The molecule has 2 heterocycles. The van der Waals surface area contributed by atoms with Crippen LogP contribution < -0.4 is 5.73 Å². The molecule has 0 aliphatic carbocycles. The van der Waals surface area contributed by atoms with Crippen molar-refractivity contribution >= 4 is 23.2 Å². The first kappa shape index (κ1) is 12.0. The first-order chi connectivity index (χ1) is 9.15. The zero-order valence-electron chi connectivity index (χ0n) is 10.8. The van der Waals surface area contributed by atoms with Gasteiger partial charge < -0.3 is 5.73 Å². The Bertz CT molecular complexity index is 734. The van der Waals surface area contributed by atoms with E-state index in [4.69, 9.17) is 5.73 Å². The summed E-state index contributed by atoms with van der Waals surface area (Å²) in [5.74, 6) is 0.523. The molecule has 0 unspecified atom stereocenters. The van der Waals surface area contributed by atoms with Crippen molar-refractivity contribution in [2.24, 2.45) is 0 Å². The van der Waals surface area contributed by atoms with E-state index in [1.165, 1.54) is 0 Å². The van der Waals surface area contributed by atoms with Crippen LogP contribution in [0.2, 0.25) is 0 Å². The highest BCUT2D eigenvalue weighted by Gasteiger charge is 2.14. The molecule has 0 spiro atoms. The molecule has 0 bridgehead atoms. The molecule has 0 saturated heterocycles. The van der Waals surface area contributed by atoms with Crippen LogP contribution >= 0.6 is 11.8 Å². The predicted molar refractivity (Wildman–Crippen MR) is 77.4 cm³/mol. The summed E-state index contributed by atoms with van der Waals surface area (Å²) < 4.78 is 1.80. The number of benzene rings is 1. The van der Waals surface area contributed by atoms with Gasteiger partial charge in [0.2, 0.25) is 0 Å². The Morgan fingerprint density at radius 1 is 1.16 bits per heavy atom. The van der Waals surface area contributed by atoms with Crippen LogP contribution in [0.5, 0.6) is 0 Å². The average molecular weight is 270 g/mol. The Balaban J connectivity index is 2.15. The molecule has 2 aromatic heterocycles. The highest BCUT2D eigenvalue weighted by Crippen LogP contribution is 2.34. The van der Waals surface area contributed by atoms with E-state index in [0.29, 0.717) is 5.82 Å². The number of fused-ring (bicyclic) bond motifs is 1. The van der Waals surface area contributed by atoms with Crippen LogP contribution in [-0.2, 0) is 0 Å². The van der Waals surface area contributed by atoms with Crippen molar-refractivity contribution in [3.8, 4) is 0 Å². The maximum Gasteiger partial charge on any atom is 0.171 e. The Kier molecular flexibility index (Phi) is 2.91. The predicted octanol–water partition coefficient (Wildman–Crippen LogP) is 3.08. The van der Waals surface area contributed by atoms with Gasteiger partial charge in [-0.25, -0.2) is 9.50 Å².